The molecule has 2 fully saturated rings. The Kier molecular flexibility index (Phi) is 3.93. The highest BCUT2D eigenvalue weighted by Crippen LogP contribution is 2.42. The number of anilines is 1. The quantitative estimate of drug-likeness (QED) is 0.631. The zero-order valence-electron chi connectivity index (χ0n) is 16.4. The number of rotatable bonds is 3. The molecule has 5 heterocycles. The summed E-state index contributed by atoms with van der Waals surface area (Å²) in [6.45, 7) is 10.8. The lowest BCUT2D eigenvalue weighted by Gasteiger charge is -2.55. The van der Waals surface area contributed by atoms with Crippen LogP contribution in [-0.4, -0.2) is 45.8 Å². The molecule has 0 bridgehead atoms. The van der Waals surface area contributed by atoms with Crippen LogP contribution in [0.15, 0.2) is 30.6 Å². The molecule has 28 heavy (non-hydrogen) atoms. The van der Waals surface area contributed by atoms with Gasteiger partial charge in [-0.2, -0.15) is 0 Å². The van der Waals surface area contributed by atoms with Crippen LogP contribution < -0.4 is 4.90 Å². The second-order valence-electron chi connectivity index (χ2n) is 9.10. The number of fused-ring (bicyclic) bond motifs is 1. The highest BCUT2D eigenvalue weighted by Gasteiger charge is 2.50. The van der Waals surface area contributed by atoms with Crippen molar-refractivity contribution in [2.75, 3.05) is 31.2 Å². The summed E-state index contributed by atoms with van der Waals surface area (Å²) in [4.78, 5) is 16.5. The van der Waals surface area contributed by atoms with Crippen LogP contribution in [-0.2, 0) is 16.7 Å². The van der Waals surface area contributed by atoms with Crippen molar-refractivity contribution >= 4 is 28.5 Å². The van der Waals surface area contributed by atoms with E-state index in [4.69, 9.17) is 26.3 Å². The van der Waals surface area contributed by atoms with E-state index in [-0.39, 0.29) is 5.41 Å². The summed E-state index contributed by atoms with van der Waals surface area (Å²) in [5, 5.41) is 1.62. The summed E-state index contributed by atoms with van der Waals surface area (Å²) in [5.74, 6) is 1.89. The highest BCUT2D eigenvalue weighted by atomic mass is 35.5. The lowest BCUT2D eigenvalue weighted by Crippen LogP contribution is -2.66. The van der Waals surface area contributed by atoms with Crippen molar-refractivity contribution in [1.82, 2.24) is 19.5 Å². The van der Waals surface area contributed by atoms with E-state index in [1.807, 2.05) is 12.1 Å². The lowest BCUT2D eigenvalue weighted by atomic mass is 9.78. The first-order chi connectivity index (χ1) is 13.3. The van der Waals surface area contributed by atoms with E-state index in [2.05, 4.69) is 47.5 Å². The molecule has 0 unspecified atom stereocenters. The van der Waals surface area contributed by atoms with Gasteiger partial charge in [0.15, 0.2) is 0 Å². The van der Waals surface area contributed by atoms with Gasteiger partial charge in [0, 0.05) is 36.5 Å². The Bertz CT molecular complexity index is 1040. The first-order valence-corrected chi connectivity index (χ1v) is 10.0. The van der Waals surface area contributed by atoms with E-state index in [1.54, 1.807) is 6.20 Å². The third-order valence-electron chi connectivity index (χ3n) is 5.62. The average molecular weight is 398 g/mol. The molecule has 2 aliphatic heterocycles. The Morgan fingerprint density at radius 2 is 1.96 bits per heavy atom. The molecule has 3 aromatic rings. The molecular formula is C21H24ClN5O. The number of halogens is 1. The third kappa shape index (κ3) is 2.86. The van der Waals surface area contributed by atoms with Crippen LogP contribution in [0.3, 0.4) is 0 Å². The summed E-state index contributed by atoms with van der Waals surface area (Å²) in [6, 6.07) is 6.03. The van der Waals surface area contributed by atoms with Crippen molar-refractivity contribution < 1.29 is 4.74 Å². The van der Waals surface area contributed by atoms with Crippen LogP contribution in [0.2, 0.25) is 5.15 Å². The fraction of sp³-hybridized carbons (Fsp3) is 0.476. The normalized spacial score (nSPS) is 18.4. The molecular weight excluding hydrogens is 374 g/mol. The molecule has 146 valence electrons. The molecule has 0 atom stereocenters. The minimum Gasteiger partial charge on any atom is -0.380 e. The maximum atomic E-state index is 6.29. The highest BCUT2D eigenvalue weighted by molar-refractivity contribution is 6.30. The molecule has 1 spiro atoms. The van der Waals surface area contributed by atoms with Gasteiger partial charge in [0.25, 0.3) is 0 Å². The van der Waals surface area contributed by atoms with Gasteiger partial charge in [-0.15, -0.1) is 0 Å². The molecule has 7 heteroatoms. The number of ether oxygens (including phenoxy) is 1. The second kappa shape index (κ2) is 6.16. The monoisotopic (exact) mass is 397 g/mol. The van der Waals surface area contributed by atoms with E-state index < -0.39 is 0 Å². The van der Waals surface area contributed by atoms with E-state index in [0.29, 0.717) is 17.1 Å². The van der Waals surface area contributed by atoms with Crippen LogP contribution in [0.4, 0.5) is 5.82 Å². The number of hydrogen-bond acceptors (Lipinski definition) is 5. The Morgan fingerprint density at radius 1 is 1.18 bits per heavy atom. The Hall–Kier alpha value is -2.18. The van der Waals surface area contributed by atoms with Crippen LogP contribution >= 0.6 is 11.6 Å². The van der Waals surface area contributed by atoms with Crippen molar-refractivity contribution in [1.29, 1.82) is 0 Å². The molecule has 6 nitrogen and oxygen atoms in total. The molecule has 0 aromatic carbocycles. The summed E-state index contributed by atoms with van der Waals surface area (Å²) in [7, 11) is 0. The smallest absolute Gasteiger partial charge is 0.146 e. The van der Waals surface area contributed by atoms with Crippen molar-refractivity contribution in [2.24, 2.45) is 5.41 Å². The van der Waals surface area contributed by atoms with E-state index in [9.17, 15) is 0 Å². The van der Waals surface area contributed by atoms with E-state index in [0.717, 1.165) is 54.5 Å². The van der Waals surface area contributed by atoms with Crippen molar-refractivity contribution in [3.8, 4) is 0 Å². The number of pyridine rings is 1. The number of hydrogen-bond donors (Lipinski definition) is 0. The van der Waals surface area contributed by atoms with Gasteiger partial charge in [-0.05, 0) is 12.1 Å². The number of nitrogens with zero attached hydrogens (tertiary/aromatic N) is 5. The second-order valence-corrected chi connectivity index (χ2v) is 9.46. The topological polar surface area (TPSA) is 56.1 Å². The molecule has 2 aliphatic rings. The van der Waals surface area contributed by atoms with Crippen molar-refractivity contribution in [3.63, 3.8) is 0 Å². The molecule has 0 amide bonds. The van der Waals surface area contributed by atoms with Crippen molar-refractivity contribution in [2.45, 2.75) is 32.7 Å². The largest absolute Gasteiger partial charge is 0.380 e. The fourth-order valence-corrected chi connectivity index (χ4v) is 4.14. The van der Waals surface area contributed by atoms with E-state index >= 15 is 0 Å². The van der Waals surface area contributed by atoms with Gasteiger partial charge in [0.2, 0.25) is 0 Å². The summed E-state index contributed by atoms with van der Waals surface area (Å²) < 4.78 is 7.57. The molecule has 3 aromatic heterocycles. The standard InChI is InChI=1S/C21H24ClN5O/c1-20(2,3)19-24-17-15(18(25-19)27-10-21(11-27)12-28-13-21)6-8-26(17)9-14-5-4-7-23-16(14)22/h4-8H,9-13H2,1-3H3. The van der Waals surface area contributed by atoms with Crippen molar-refractivity contribution in [3.05, 3.63) is 47.1 Å². The SMILES string of the molecule is CC(C)(C)c1nc(N2CC3(COC3)C2)c2ccn(Cc3cccnc3Cl)c2n1. The summed E-state index contributed by atoms with van der Waals surface area (Å²) in [6.07, 6.45) is 3.78. The van der Waals surface area contributed by atoms with Gasteiger partial charge >= 0.3 is 0 Å². The molecule has 5 rings (SSSR count). The molecule has 0 aliphatic carbocycles. The maximum absolute atomic E-state index is 6.29. The van der Waals surface area contributed by atoms with Crippen LogP contribution in [0.25, 0.3) is 11.0 Å². The fourth-order valence-electron chi connectivity index (χ4n) is 3.96. The van der Waals surface area contributed by atoms with Crippen LogP contribution in [0, 0.1) is 5.41 Å². The van der Waals surface area contributed by atoms with Gasteiger partial charge in [0.1, 0.15) is 22.4 Å². The zero-order valence-corrected chi connectivity index (χ0v) is 17.2. The van der Waals surface area contributed by atoms with E-state index in [1.165, 1.54) is 0 Å². The maximum Gasteiger partial charge on any atom is 0.146 e. The summed E-state index contributed by atoms with van der Waals surface area (Å²) in [5.41, 5.74) is 2.13. The molecule has 0 radical (unpaired) electrons. The predicted molar refractivity (Wildman–Crippen MR) is 110 cm³/mol. The van der Waals surface area contributed by atoms with Gasteiger partial charge in [-0.1, -0.05) is 38.4 Å². The Balaban J connectivity index is 1.58. The summed E-state index contributed by atoms with van der Waals surface area (Å²) >= 11 is 6.29. The number of aromatic nitrogens is 4. The predicted octanol–water partition coefficient (Wildman–Crippen LogP) is 3.66. The van der Waals surface area contributed by atoms with Crippen LogP contribution in [0.1, 0.15) is 32.2 Å². The first kappa shape index (κ1) is 17.9. The van der Waals surface area contributed by atoms with Gasteiger partial charge < -0.3 is 14.2 Å². The van der Waals surface area contributed by atoms with Gasteiger partial charge in [0.05, 0.1) is 30.6 Å². The molecule has 0 N–H and O–H groups in total. The zero-order chi connectivity index (χ0) is 19.5. The molecule has 2 saturated heterocycles. The van der Waals surface area contributed by atoms with Gasteiger partial charge in [-0.3, -0.25) is 0 Å². The minimum atomic E-state index is -0.133. The lowest BCUT2D eigenvalue weighted by molar-refractivity contribution is -0.127. The van der Waals surface area contributed by atoms with Crippen LogP contribution in [0.5, 0.6) is 0 Å². The molecule has 0 saturated carbocycles. The third-order valence-corrected chi connectivity index (χ3v) is 5.96. The average Bonchev–Trinajstić information content (AvgIpc) is 2.97. The first-order valence-electron chi connectivity index (χ1n) is 9.64. The Morgan fingerprint density at radius 3 is 2.61 bits per heavy atom. The Labute approximate surface area is 169 Å². The minimum absolute atomic E-state index is 0.133. The van der Waals surface area contributed by atoms with Gasteiger partial charge in [-0.25, -0.2) is 15.0 Å².